The number of hydrogen-bond donors (Lipinski definition) is 3. The quantitative estimate of drug-likeness (QED) is 0.322. The standard InChI is InChI=1S/C26H22N10O/c1-36(2)14-21(37)30-17-11-16(12-28-13-17)19-3-4-20-23(31-19)24(35-34-20)26-32-22-18(7-10-29-25(22)33-26)15-5-8-27-9-6-15/h3-13H,14H2,1-2H3,(H,30,37)(H,34,35)(H,29,32,33). The van der Waals surface area contributed by atoms with Gasteiger partial charge in [0, 0.05) is 35.9 Å². The third-order valence-corrected chi connectivity index (χ3v) is 5.79. The number of imidazole rings is 1. The lowest BCUT2D eigenvalue weighted by Gasteiger charge is -2.10. The van der Waals surface area contributed by atoms with Gasteiger partial charge in [0.2, 0.25) is 5.91 Å². The van der Waals surface area contributed by atoms with Crippen LogP contribution in [0.2, 0.25) is 0 Å². The smallest absolute Gasteiger partial charge is 0.238 e. The van der Waals surface area contributed by atoms with E-state index < -0.39 is 0 Å². The number of rotatable bonds is 6. The number of fused-ring (bicyclic) bond motifs is 2. The van der Waals surface area contributed by atoms with E-state index in [4.69, 9.17) is 9.97 Å². The van der Waals surface area contributed by atoms with Crippen molar-refractivity contribution in [3.8, 4) is 33.9 Å². The second-order valence-corrected chi connectivity index (χ2v) is 8.79. The SMILES string of the molecule is CN(C)CC(=O)Nc1cncc(-c2ccc3[nH]nc(-c4nc5nccc(-c6ccncc6)c5[nH]4)c3n2)c1. The molecule has 0 bridgehead atoms. The minimum absolute atomic E-state index is 0.117. The van der Waals surface area contributed by atoms with E-state index in [1.165, 1.54) is 0 Å². The number of hydrogen-bond acceptors (Lipinski definition) is 8. The number of likely N-dealkylation sites (N-methyl/N-ethyl adjacent to an activating group) is 1. The van der Waals surface area contributed by atoms with Gasteiger partial charge in [-0.25, -0.2) is 15.0 Å². The molecule has 6 aromatic rings. The maximum absolute atomic E-state index is 12.2. The van der Waals surface area contributed by atoms with Gasteiger partial charge in [0.15, 0.2) is 17.2 Å². The largest absolute Gasteiger partial charge is 0.335 e. The second kappa shape index (κ2) is 9.21. The van der Waals surface area contributed by atoms with Gasteiger partial charge in [-0.05, 0) is 56.1 Å². The molecule has 0 fully saturated rings. The van der Waals surface area contributed by atoms with E-state index in [0.717, 1.165) is 27.7 Å². The number of aromatic nitrogens is 8. The summed E-state index contributed by atoms with van der Waals surface area (Å²) in [4.78, 5) is 39.7. The first-order chi connectivity index (χ1) is 18.0. The summed E-state index contributed by atoms with van der Waals surface area (Å²) in [6.07, 6.45) is 8.56. The average Bonchev–Trinajstić information content (AvgIpc) is 3.52. The molecule has 0 spiro atoms. The number of amides is 1. The summed E-state index contributed by atoms with van der Waals surface area (Å²) in [5.74, 6) is 0.442. The fraction of sp³-hybridized carbons (Fsp3) is 0.115. The Morgan fingerprint density at radius 1 is 0.973 bits per heavy atom. The van der Waals surface area contributed by atoms with Crippen molar-refractivity contribution >= 4 is 33.8 Å². The summed E-state index contributed by atoms with van der Waals surface area (Å²) in [6.45, 7) is 0.280. The maximum atomic E-state index is 12.2. The lowest BCUT2D eigenvalue weighted by molar-refractivity contribution is -0.116. The predicted molar refractivity (Wildman–Crippen MR) is 140 cm³/mol. The molecular formula is C26H22N10O. The van der Waals surface area contributed by atoms with E-state index in [-0.39, 0.29) is 12.5 Å². The van der Waals surface area contributed by atoms with Crippen molar-refractivity contribution in [2.24, 2.45) is 0 Å². The van der Waals surface area contributed by atoms with E-state index in [1.54, 1.807) is 35.9 Å². The molecule has 3 N–H and O–H groups in total. The summed E-state index contributed by atoms with van der Waals surface area (Å²) in [7, 11) is 3.68. The molecule has 0 atom stereocenters. The molecule has 11 heteroatoms. The number of anilines is 1. The Morgan fingerprint density at radius 2 is 1.84 bits per heavy atom. The zero-order valence-corrected chi connectivity index (χ0v) is 20.1. The van der Waals surface area contributed by atoms with Crippen LogP contribution in [-0.4, -0.2) is 71.5 Å². The van der Waals surface area contributed by atoms with Crippen LogP contribution in [0.3, 0.4) is 0 Å². The van der Waals surface area contributed by atoms with Crippen molar-refractivity contribution in [2.75, 3.05) is 26.0 Å². The number of aromatic amines is 2. The number of pyridine rings is 4. The van der Waals surface area contributed by atoms with Crippen molar-refractivity contribution in [3.63, 3.8) is 0 Å². The van der Waals surface area contributed by atoms with Crippen LogP contribution < -0.4 is 5.32 Å². The highest BCUT2D eigenvalue weighted by atomic mass is 16.2. The van der Waals surface area contributed by atoms with Crippen molar-refractivity contribution in [3.05, 3.63) is 67.4 Å². The van der Waals surface area contributed by atoms with E-state index in [1.807, 2.05) is 50.5 Å². The molecule has 0 unspecified atom stereocenters. The molecule has 182 valence electrons. The normalized spacial score (nSPS) is 11.4. The third kappa shape index (κ3) is 4.39. The van der Waals surface area contributed by atoms with Crippen molar-refractivity contribution in [1.82, 2.24) is 45.0 Å². The van der Waals surface area contributed by atoms with Gasteiger partial charge in [-0.15, -0.1) is 0 Å². The lowest BCUT2D eigenvalue weighted by Crippen LogP contribution is -2.27. The Labute approximate surface area is 211 Å². The molecule has 1 amide bonds. The van der Waals surface area contributed by atoms with Gasteiger partial charge in [0.1, 0.15) is 5.52 Å². The van der Waals surface area contributed by atoms with Crippen LogP contribution in [0.15, 0.2) is 67.4 Å². The van der Waals surface area contributed by atoms with Crippen molar-refractivity contribution < 1.29 is 4.79 Å². The highest BCUT2D eigenvalue weighted by molar-refractivity contribution is 5.95. The van der Waals surface area contributed by atoms with Crippen molar-refractivity contribution in [2.45, 2.75) is 0 Å². The summed E-state index contributed by atoms with van der Waals surface area (Å²) < 4.78 is 0. The Bertz CT molecular complexity index is 1740. The number of nitrogens with one attached hydrogen (secondary N) is 3. The molecule has 0 aliphatic heterocycles. The number of carbonyl (C=O) groups excluding carboxylic acids is 1. The van der Waals surface area contributed by atoms with Crippen LogP contribution in [0.5, 0.6) is 0 Å². The highest BCUT2D eigenvalue weighted by Crippen LogP contribution is 2.31. The summed E-state index contributed by atoms with van der Waals surface area (Å²) in [5, 5.41) is 10.4. The van der Waals surface area contributed by atoms with Crippen LogP contribution in [-0.2, 0) is 4.79 Å². The molecule has 0 aromatic carbocycles. The summed E-state index contributed by atoms with van der Waals surface area (Å²) >= 11 is 0. The lowest BCUT2D eigenvalue weighted by atomic mass is 10.1. The first-order valence-corrected chi connectivity index (χ1v) is 11.6. The van der Waals surface area contributed by atoms with E-state index in [2.05, 4.69) is 35.5 Å². The number of H-pyrrole nitrogens is 2. The number of carbonyl (C=O) groups is 1. The average molecular weight is 491 g/mol. The topological polar surface area (TPSA) is 141 Å². The van der Waals surface area contributed by atoms with E-state index in [9.17, 15) is 4.79 Å². The molecule has 6 heterocycles. The predicted octanol–water partition coefficient (Wildman–Crippen LogP) is 3.52. The zero-order valence-electron chi connectivity index (χ0n) is 20.1. The second-order valence-electron chi connectivity index (χ2n) is 8.79. The third-order valence-electron chi connectivity index (χ3n) is 5.79. The molecule has 37 heavy (non-hydrogen) atoms. The molecule has 0 aliphatic rings. The fourth-order valence-electron chi connectivity index (χ4n) is 4.16. The molecule has 0 saturated carbocycles. The maximum Gasteiger partial charge on any atom is 0.238 e. The number of nitrogens with zero attached hydrogens (tertiary/aromatic N) is 7. The van der Waals surface area contributed by atoms with Crippen molar-refractivity contribution in [1.29, 1.82) is 0 Å². The summed E-state index contributed by atoms with van der Waals surface area (Å²) in [5.41, 5.74) is 7.44. The Hall–Kier alpha value is -5.03. The van der Waals surface area contributed by atoms with Gasteiger partial charge >= 0.3 is 0 Å². The minimum atomic E-state index is -0.117. The first kappa shape index (κ1) is 22.4. The van der Waals surface area contributed by atoms with Crippen LogP contribution in [0.4, 0.5) is 5.69 Å². The Morgan fingerprint density at radius 3 is 2.68 bits per heavy atom. The Kier molecular flexibility index (Phi) is 5.58. The van der Waals surface area contributed by atoms with Gasteiger partial charge in [0.05, 0.1) is 35.2 Å². The van der Waals surface area contributed by atoms with Crippen LogP contribution in [0.1, 0.15) is 0 Å². The van der Waals surface area contributed by atoms with Gasteiger partial charge in [-0.1, -0.05) is 0 Å². The first-order valence-electron chi connectivity index (χ1n) is 11.6. The molecule has 0 saturated heterocycles. The molecular weight excluding hydrogens is 468 g/mol. The van der Waals surface area contributed by atoms with Gasteiger partial charge in [-0.2, -0.15) is 5.10 Å². The molecule has 0 aliphatic carbocycles. The Balaban J connectivity index is 1.38. The molecule has 6 rings (SSSR count). The summed E-state index contributed by atoms with van der Waals surface area (Å²) in [6, 6.07) is 11.5. The highest BCUT2D eigenvalue weighted by Gasteiger charge is 2.17. The fourth-order valence-corrected chi connectivity index (χ4v) is 4.16. The molecule has 0 radical (unpaired) electrons. The van der Waals surface area contributed by atoms with Gasteiger partial charge < -0.3 is 15.2 Å². The van der Waals surface area contributed by atoms with Gasteiger partial charge in [-0.3, -0.25) is 19.9 Å². The van der Waals surface area contributed by atoms with Crippen LogP contribution in [0.25, 0.3) is 56.1 Å². The van der Waals surface area contributed by atoms with Crippen LogP contribution >= 0.6 is 0 Å². The van der Waals surface area contributed by atoms with E-state index >= 15 is 0 Å². The van der Waals surface area contributed by atoms with E-state index in [0.29, 0.717) is 34.1 Å². The molecule has 6 aromatic heterocycles. The minimum Gasteiger partial charge on any atom is -0.335 e. The van der Waals surface area contributed by atoms with Gasteiger partial charge in [0.25, 0.3) is 0 Å². The van der Waals surface area contributed by atoms with Crippen LogP contribution in [0, 0.1) is 0 Å². The molecule has 11 nitrogen and oxygen atoms in total. The zero-order chi connectivity index (χ0) is 25.4. The monoisotopic (exact) mass is 490 g/mol.